The van der Waals surface area contributed by atoms with Crippen LogP contribution in [-0.2, 0) is 6.42 Å². The molecule has 1 unspecified atom stereocenters. The molecule has 1 atom stereocenters. The average molecular weight is 333 g/mol. The molecule has 1 heterocycles. The molecule has 0 radical (unpaired) electrons. The summed E-state index contributed by atoms with van der Waals surface area (Å²) >= 11 is 3.66. The summed E-state index contributed by atoms with van der Waals surface area (Å²) < 4.78 is 6.88. The second kappa shape index (κ2) is 5.56. The number of fused-ring (bicyclic) bond motifs is 1. The van der Waals surface area contributed by atoms with Crippen molar-refractivity contribution in [3.8, 4) is 5.75 Å². The largest absolute Gasteiger partial charge is 0.493 e. The lowest BCUT2D eigenvalue weighted by Gasteiger charge is -2.21. The Morgan fingerprint density at radius 3 is 2.75 bits per heavy atom. The van der Waals surface area contributed by atoms with Crippen LogP contribution in [0.15, 0.2) is 40.9 Å². The van der Waals surface area contributed by atoms with E-state index in [2.05, 4.69) is 58.6 Å². The number of aryl methyl sites for hydroxylation is 1. The smallest absolute Gasteiger partial charge is 0.127 e. The molecule has 3 N–H and O–H groups in total. The van der Waals surface area contributed by atoms with Crippen LogP contribution >= 0.6 is 15.9 Å². The van der Waals surface area contributed by atoms with E-state index in [0.717, 1.165) is 34.4 Å². The first-order valence-corrected chi connectivity index (χ1v) is 7.47. The summed E-state index contributed by atoms with van der Waals surface area (Å²) in [6.07, 6.45) is 0.968. The van der Waals surface area contributed by atoms with Gasteiger partial charge in [0.1, 0.15) is 5.75 Å². The van der Waals surface area contributed by atoms with Crippen LogP contribution in [0.3, 0.4) is 0 Å². The molecule has 104 valence electrons. The first kappa shape index (κ1) is 13.6. The lowest BCUT2D eigenvalue weighted by Crippen LogP contribution is -2.29. The maximum Gasteiger partial charge on any atom is 0.127 e. The lowest BCUT2D eigenvalue weighted by atomic mass is 9.95. The third-order valence-corrected chi connectivity index (χ3v) is 4.84. The molecule has 0 spiro atoms. The molecule has 0 aliphatic carbocycles. The molecule has 3 nitrogen and oxygen atoms in total. The number of hydrogen-bond acceptors (Lipinski definition) is 3. The van der Waals surface area contributed by atoms with Crippen LogP contribution in [0.2, 0.25) is 0 Å². The van der Waals surface area contributed by atoms with E-state index in [4.69, 9.17) is 10.6 Å². The predicted molar refractivity (Wildman–Crippen MR) is 83.7 cm³/mol. The topological polar surface area (TPSA) is 47.3 Å². The van der Waals surface area contributed by atoms with Crippen LogP contribution in [0.5, 0.6) is 5.75 Å². The maximum atomic E-state index is 5.82. The molecular weight excluding hydrogens is 316 g/mol. The Morgan fingerprint density at radius 2 is 1.95 bits per heavy atom. The Morgan fingerprint density at radius 1 is 1.20 bits per heavy atom. The van der Waals surface area contributed by atoms with Crippen LogP contribution in [0.4, 0.5) is 0 Å². The molecule has 2 aromatic rings. The van der Waals surface area contributed by atoms with E-state index in [9.17, 15) is 0 Å². The van der Waals surface area contributed by atoms with E-state index in [-0.39, 0.29) is 6.04 Å². The first-order chi connectivity index (χ1) is 9.72. The highest BCUT2D eigenvalue weighted by Gasteiger charge is 2.24. The van der Waals surface area contributed by atoms with Crippen LogP contribution in [0.1, 0.15) is 28.3 Å². The van der Waals surface area contributed by atoms with Crippen LogP contribution in [0, 0.1) is 6.92 Å². The van der Waals surface area contributed by atoms with Crippen molar-refractivity contribution in [2.45, 2.75) is 19.4 Å². The normalized spacial score (nSPS) is 14.8. The minimum absolute atomic E-state index is 0.0858. The summed E-state index contributed by atoms with van der Waals surface area (Å²) in [5.74, 6) is 6.80. The van der Waals surface area contributed by atoms with Gasteiger partial charge in [-0.3, -0.25) is 5.84 Å². The molecule has 1 aliphatic rings. The van der Waals surface area contributed by atoms with Gasteiger partial charge in [-0.1, -0.05) is 52.3 Å². The van der Waals surface area contributed by atoms with Gasteiger partial charge >= 0.3 is 0 Å². The Balaban J connectivity index is 2.11. The van der Waals surface area contributed by atoms with Gasteiger partial charge in [0.25, 0.3) is 0 Å². The van der Waals surface area contributed by atoms with Crippen molar-refractivity contribution in [1.82, 2.24) is 5.43 Å². The highest BCUT2D eigenvalue weighted by Crippen LogP contribution is 2.38. The molecule has 4 heteroatoms. The zero-order valence-electron chi connectivity index (χ0n) is 11.3. The molecular formula is C16H17BrN2O. The number of rotatable bonds is 3. The number of hydrazine groups is 1. The minimum Gasteiger partial charge on any atom is -0.493 e. The van der Waals surface area contributed by atoms with Gasteiger partial charge in [-0.2, -0.15) is 0 Å². The van der Waals surface area contributed by atoms with Gasteiger partial charge in [0.2, 0.25) is 0 Å². The lowest BCUT2D eigenvalue weighted by molar-refractivity contribution is 0.350. The van der Waals surface area contributed by atoms with Crippen molar-refractivity contribution in [3.63, 3.8) is 0 Å². The Bertz CT molecular complexity index is 642. The van der Waals surface area contributed by atoms with Gasteiger partial charge < -0.3 is 4.74 Å². The second-order valence-electron chi connectivity index (χ2n) is 5.01. The number of hydrogen-bond donors (Lipinski definition) is 2. The summed E-state index contributed by atoms with van der Waals surface area (Å²) in [4.78, 5) is 0. The van der Waals surface area contributed by atoms with Crippen LogP contribution < -0.4 is 16.0 Å². The fourth-order valence-electron chi connectivity index (χ4n) is 2.71. The zero-order chi connectivity index (χ0) is 14.1. The van der Waals surface area contributed by atoms with Crippen molar-refractivity contribution >= 4 is 15.9 Å². The van der Waals surface area contributed by atoms with Gasteiger partial charge in [0, 0.05) is 16.5 Å². The van der Waals surface area contributed by atoms with Gasteiger partial charge in [-0.05, 0) is 23.6 Å². The number of benzene rings is 2. The summed E-state index contributed by atoms with van der Waals surface area (Å²) in [6, 6.07) is 12.4. The van der Waals surface area contributed by atoms with E-state index in [0.29, 0.717) is 0 Å². The summed E-state index contributed by atoms with van der Waals surface area (Å²) in [7, 11) is 0. The van der Waals surface area contributed by atoms with Gasteiger partial charge in [-0.25, -0.2) is 5.43 Å². The van der Waals surface area contributed by atoms with Crippen LogP contribution in [-0.4, -0.2) is 6.61 Å². The van der Waals surface area contributed by atoms with Crippen molar-refractivity contribution < 1.29 is 4.74 Å². The highest BCUT2D eigenvalue weighted by atomic mass is 79.9. The average Bonchev–Trinajstić information content (AvgIpc) is 2.93. The predicted octanol–water partition coefficient (Wildman–Crippen LogP) is 3.25. The molecule has 0 saturated heterocycles. The SMILES string of the molecule is Cc1cccc(C(NN)c2cccc3c2OCC3)c1Br. The number of ether oxygens (including phenoxy) is 1. The van der Waals surface area contributed by atoms with Crippen molar-refractivity contribution in [2.75, 3.05) is 6.61 Å². The number of nitrogens with one attached hydrogen (secondary N) is 1. The number of para-hydroxylation sites is 1. The Hall–Kier alpha value is -1.36. The van der Waals surface area contributed by atoms with E-state index in [1.807, 2.05) is 6.07 Å². The van der Waals surface area contributed by atoms with Gasteiger partial charge in [-0.15, -0.1) is 0 Å². The summed E-state index contributed by atoms with van der Waals surface area (Å²) in [5, 5.41) is 0. The van der Waals surface area contributed by atoms with E-state index in [1.165, 1.54) is 11.1 Å². The van der Waals surface area contributed by atoms with E-state index < -0.39 is 0 Å². The third-order valence-electron chi connectivity index (χ3n) is 3.76. The Kier molecular flexibility index (Phi) is 3.78. The fraction of sp³-hybridized carbons (Fsp3) is 0.250. The van der Waals surface area contributed by atoms with Crippen LogP contribution in [0.25, 0.3) is 0 Å². The maximum absolute atomic E-state index is 5.82. The first-order valence-electron chi connectivity index (χ1n) is 6.68. The minimum atomic E-state index is -0.0858. The molecule has 1 aliphatic heterocycles. The quantitative estimate of drug-likeness (QED) is 0.670. The molecule has 3 rings (SSSR count). The molecule has 0 aromatic heterocycles. The van der Waals surface area contributed by atoms with Crippen molar-refractivity contribution in [1.29, 1.82) is 0 Å². The third kappa shape index (κ3) is 2.24. The monoisotopic (exact) mass is 332 g/mol. The molecule has 20 heavy (non-hydrogen) atoms. The molecule has 0 fully saturated rings. The standard InChI is InChI=1S/C16H17BrN2O/c1-10-4-2-6-12(14(10)17)15(19-18)13-7-3-5-11-8-9-20-16(11)13/h2-7,15,19H,8-9,18H2,1H3. The van der Waals surface area contributed by atoms with Crippen molar-refractivity contribution in [3.05, 3.63) is 63.1 Å². The van der Waals surface area contributed by atoms with Gasteiger partial charge in [0.05, 0.1) is 12.6 Å². The summed E-state index contributed by atoms with van der Waals surface area (Å²) in [6.45, 7) is 2.83. The number of nitrogens with two attached hydrogens (primary N) is 1. The zero-order valence-corrected chi connectivity index (χ0v) is 12.9. The summed E-state index contributed by atoms with van der Waals surface area (Å²) in [5.41, 5.74) is 7.58. The van der Waals surface area contributed by atoms with Gasteiger partial charge in [0.15, 0.2) is 0 Å². The molecule has 0 bridgehead atoms. The number of halogens is 1. The second-order valence-corrected chi connectivity index (χ2v) is 5.80. The fourth-order valence-corrected chi connectivity index (χ4v) is 3.20. The molecule has 0 amide bonds. The Labute approximate surface area is 127 Å². The molecule has 0 saturated carbocycles. The molecule has 2 aromatic carbocycles. The van der Waals surface area contributed by atoms with Crippen molar-refractivity contribution in [2.24, 2.45) is 5.84 Å². The van der Waals surface area contributed by atoms with E-state index >= 15 is 0 Å². The highest BCUT2D eigenvalue weighted by molar-refractivity contribution is 9.10. The van der Waals surface area contributed by atoms with E-state index in [1.54, 1.807) is 0 Å².